The molecule has 5 nitrogen and oxygen atoms in total. The molecule has 0 spiro atoms. The average molecular weight is 294 g/mol. The summed E-state index contributed by atoms with van der Waals surface area (Å²) in [5.41, 5.74) is -0.396. The van der Waals surface area contributed by atoms with Gasteiger partial charge in [-0.25, -0.2) is 9.69 Å². The van der Waals surface area contributed by atoms with Gasteiger partial charge in [0.1, 0.15) is 0 Å². The smallest absolute Gasteiger partial charge is 0.311 e. The van der Waals surface area contributed by atoms with Crippen molar-refractivity contribution >= 4 is 29.2 Å². The Labute approximate surface area is 122 Å². The largest absolute Gasteiger partial charge is 0.330 e. The van der Waals surface area contributed by atoms with E-state index in [0.717, 1.165) is 25.9 Å². The zero-order valence-electron chi connectivity index (χ0n) is 11.2. The predicted molar refractivity (Wildman–Crippen MR) is 76.7 cm³/mol. The molecule has 1 aromatic rings. The average Bonchev–Trinajstić information content (AvgIpc) is 3.01. The molecule has 0 aromatic heterocycles. The van der Waals surface area contributed by atoms with Crippen LogP contribution in [-0.4, -0.2) is 35.6 Å². The van der Waals surface area contributed by atoms with Crippen LogP contribution in [0.15, 0.2) is 24.3 Å². The molecule has 2 heterocycles. The SMILES string of the molecule is CC1(N2CCCC2)NC(=O)N(c2ccc(Cl)cc2)C1=O. The fourth-order valence-electron chi connectivity index (χ4n) is 2.83. The molecule has 1 N–H and O–H groups in total. The number of urea groups is 1. The molecule has 3 rings (SSSR count). The molecule has 6 heteroatoms. The molecule has 0 saturated carbocycles. The number of rotatable bonds is 2. The van der Waals surface area contributed by atoms with Crippen LogP contribution in [0.4, 0.5) is 10.5 Å². The summed E-state index contributed by atoms with van der Waals surface area (Å²) in [4.78, 5) is 28.1. The highest BCUT2D eigenvalue weighted by Gasteiger charge is 2.52. The topological polar surface area (TPSA) is 52.7 Å². The predicted octanol–water partition coefficient (Wildman–Crippen LogP) is 2.21. The molecule has 3 amide bonds. The second kappa shape index (κ2) is 4.75. The fourth-order valence-corrected chi connectivity index (χ4v) is 2.96. The van der Waals surface area contributed by atoms with E-state index in [1.165, 1.54) is 4.90 Å². The Bertz CT molecular complexity index is 554. The third-order valence-corrected chi connectivity index (χ3v) is 4.25. The van der Waals surface area contributed by atoms with Crippen molar-refractivity contribution in [3.63, 3.8) is 0 Å². The van der Waals surface area contributed by atoms with Gasteiger partial charge in [-0.1, -0.05) is 11.6 Å². The summed E-state index contributed by atoms with van der Waals surface area (Å²) in [5, 5.41) is 3.39. The molecule has 0 bridgehead atoms. The van der Waals surface area contributed by atoms with E-state index in [2.05, 4.69) is 5.32 Å². The van der Waals surface area contributed by atoms with Gasteiger partial charge in [-0.3, -0.25) is 9.69 Å². The molecular weight excluding hydrogens is 278 g/mol. The number of likely N-dealkylation sites (tertiary alicyclic amines) is 1. The van der Waals surface area contributed by atoms with Crippen LogP contribution in [0.5, 0.6) is 0 Å². The standard InChI is InChI=1S/C14H16ClN3O2/c1-14(17-8-2-3-9-17)12(19)18(13(20)16-14)11-6-4-10(15)5-7-11/h4-7H,2-3,8-9H2,1H3,(H,16,20). The molecular formula is C14H16ClN3O2. The maximum absolute atomic E-state index is 12.7. The van der Waals surface area contributed by atoms with E-state index in [9.17, 15) is 9.59 Å². The van der Waals surface area contributed by atoms with Crippen molar-refractivity contribution < 1.29 is 9.59 Å². The van der Waals surface area contributed by atoms with Crippen LogP contribution in [-0.2, 0) is 4.79 Å². The Hall–Kier alpha value is -1.59. The first-order chi connectivity index (χ1) is 9.52. The molecule has 1 unspecified atom stereocenters. The number of imide groups is 1. The molecule has 2 aliphatic heterocycles. The number of benzene rings is 1. The number of anilines is 1. The minimum Gasteiger partial charge on any atom is -0.311 e. The number of carbonyl (C=O) groups is 2. The first-order valence-corrected chi connectivity index (χ1v) is 7.07. The van der Waals surface area contributed by atoms with Gasteiger partial charge in [-0.2, -0.15) is 0 Å². The van der Waals surface area contributed by atoms with Gasteiger partial charge in [0.15, 0.2) is 5.66 Å². The van der Waals surface area contributed by atoms with Gasteiger partial charge in [0.25, 0.3) is 5.91 Å². The molecule has 2 aliphatic rings. The van der Waals surface area contributed by atoms with Crippen LogP contribution in [0.25, 0.3) is 0 Å². The van der Waals surface area contributed by atoms with Gasteiger partial charge in [-0.15, -0.1) is 0 Å². The summed E-state index contributed by atoms with van der Waals surface area (Å²) < 4.78 is 0. The third-order valence-electron chi connectivity index (χ3n) is 4.00. The number of carbonyl (C=O) groups excluding carboxylic acids is 2. The van der Waals surface area contributed by atoms with Crippen LogP contribution in [0.3, 0.4) is 0 Å². The minimum atomic E-state index is -0.937. The van der Waals surface area contributed by atoms with Crippen LogP contribution in [0, 0.1) is 0 Å². The van der Waals surface area contributed by atoms with Crippen LogP contribution in [0.1, 0.15) is 19.8 Å². The summed E-state index contributed by atoms with van der Waals surface area (Å²) in [6.07, 6.45) is 2.11. The molecule has 106 valence electrons. The molecule has 0 radical (unpaired) electrons. The summed E-state index contributed by atoms with van der Waals surface area (Å²) in [6.45, 7) is 3.43. The van der Waals surface area contributed by atoms with Crippen molar-refractivity contribution in [2.45, 2.75) is 25.4 Å². The maximum atomic E-state index is 12.7. The van der Waals surface area contributed by atoms with E-state index >= 15 is 0 Å². The highest BCUT2D eigenvalue weighted by molar-refractivity contribution is 6.30. The Morgan fingerprint density at radius 1 is 1.15 bits per heavy atom. The molecule has 20 heavy (non-hydrogen) atoms. The molecule has 2 fully saturated rings. The second-order valence-electron chi connectivity index (χ2n) is 5.31. The Morgan fingerprint density at radius 3 is 2.35 bits per heavy atom. The Morgan fingerprint density at radius 2 is 1.75 bits per heavy atom. The summed E-state index contributed by atoms with van der Waals surface area (Å²) in [5.74, 6) is -0.230. The van der Waals surface area contributed by atoms with Gasteiger partial charge in [0.05, 0.1) is 5.69 Å². The van der Waals surface area contributed by atoms with E-state index in [1.807, 2.05) is 4.90 Å². The first kappa shape index (κ1) is 13.4. The zero-order valence-corrected chi connectivity index (χ0v) is 12.0. The van der Waals surface area contributed by atoms with E-state index in [-0.39, 0.29) is 11.9 Å². The Balaban J connectivity index is 1.92. The number of nitrogens with one attached hydrogen (secondary N) is 1. The van der Waals surface area contributed by atoms with E-state index in [1.54, 1.807) is 31.2 Å². The number of halogens is 1. The van der Waals surface area contributed by atoms with Crippen LogP contribution < -0.4 is 10.2 Å². The quantitative estimate of drug-likeness (QED) is 0.851. The zero-order chi connectivity index (χ0) is 14.3. The van der Waals surface area contributed by atoms with Gasteiger partial charge >= 0.3 is 6.03 Å². The monoisotopic (exact) mass is 293 g/mol. The van der Waals surface area contributed by atoms with Crippen molar-refractivity contribution in [1.29, 1.82) is 0 Å². The lowest BCUT2D eigenvalue weighted by Crippen LogP contribution is -2.57. The fraction of sp³-hybridized carbons (Fsp3) is 0.429. The normalized spacial score (nSPS) is 27.2. The second-order valence-corrected chi connectivity index (χ2v) is 5.75. The third kappa shape index (κ3) is 1.98. The number of nitrogens with zero attached hydrogens (tertiary/aromatic N) is 2. The van der Waals surface area contributed by atoms with Gasteiger partial charge < -0.3 is 5.32 Å². The highest BCUT2D eigenvalue weighted by Crippen LogP contribution is 2.30. The lowest BCUT2D eigenvalue weighted by molar-refractivity contribution is -0.127. The minimum absolute atomic E-state index is 0.230. The van der Waals surface area contributed by atoms with Crippen LogP contribution in [0.2, 0.25) is 5.02 Å². The van der Waals surface area contributed by atoms with Crippen molar-refractivity contribution in [2.24, 2.45) is 0 Å². The Kier molecular flexibility index (Phi) is 3.18. The van der Waals surface area contributed by atoms with Crippen molar-refractivity contribution in [1.82, 2.24) is 10.2 Å². The molecule has 2 saturated heterocycles. The molecule has 1 atom stereocenters. The van der Waals surface area contributed by atoms with E-state index in [4.69, 9.17) is 11.6 Å². The molecule has 0 aliphatic carbocycles. The summed E-state index contributed by atoms with van der Waals surface area (Å²) in [7, 11) is 0. The van der Waals surface area contributed by atoms with E-state index in [0.29, 0.717) is 10.7 Å². The van der Waals surface area contributed by atoms with Crippen molar-refractivity contribution in [2.75, 3.05) is 18.0 Å². The van der Waals surface area contributed by atoms with Gasteiger partial charge in [-0.05, 0) is 44.0 Å². The molecule has 1 aromatic carbocycles. The number of amides is 3. The maximum Gasteiger partial charge on any atom is 0.330 e. The lowest BCUT2D eigenvalue weighted by Gasteiger charge is -2.32. The van der Waals surface area contributed by atoms with Crippen molar-refractivity contribution in [3.05, 3.63) is 29.3 Å². The van der Waals surface area contributed by atoms with Crippen molar-refractivity contribution in [3.8, 4) is 0 Å². The van der Waals surface area contributed by atoms with Crippen LogP contribution >= 0.6 is 11.6 Å². The highest BCUT2D eigenvalue weighted by atomic mass is 35.5. The lowest BCUT2D eigenvalue weighted by atomic mass is 10.1. The number of hydrogen-bond donors (Lipinski definition) is 1. The van der Waals surface area contributed by atoms with Gasteiger partial charge in [0.2, 0.25) is 0 Å². The first-order valence-electron chi connectivity index (χ1n) is 6.70. The van der Waals surface area contributed by atoms with E-state index < -0.39 is 5.66 Å². The summed E-state index contributed by atoms with van der Waals surface area (Å²) >= 11 is 5.84. The van der Waals surface area contributed by atoms with Gasteiger partial charge in [0, 0.05) is 18.1 Å². The number of hydrogen-bond acceptors (Lipinski definition) is 3. The summed E-state index contributed by atoms with van der Waals surface area (Å²) in [6, 6.07) is 6.31.